The van der Waals surface area contributed by atoms with Crippen LogP contribution >= 0.6 is 11.6 Å². The highest BCUT2D eigenvalue weighted by Crippen LogP contribution is 2.41. The lowest BCUT2D eigenvalue weighted by molar-refractivity contribution is -0.120. The largest absolute Gasteiger partial charge is 0.495 e. The van der Waals surface area contributed by atoms with E-state index in [1.807, 2.05) is 0 Å². The predicted molar refractivity (Wildman–Crippen MR) is 200 cm³/mol. The Labute approximate surface area is 302 Å². The number of halogens is 1. The Bertz CT molecular complexity index is 1790. The third kappa shape index (κ3) is 9.65. The molecule has 1 atom stereocenters. The van der Waals surface area contributed by atoms with Crippen LogP contribution < -0.4 is 15.6 Å². The van der Waals surface area contributed by atoms with Crippen molar-refractivity contribution in [2.45, 2.75) is 110 Å². The van der Waals surface area contributed by atoms with Crippen molar-refractivity contribution in [1.82, 2.24) is 4.57 Å². The Morgan fingerprint density at radius 3 is 2.20 bits per heavy atom. The molecule has 9 nitrogen and oxygen atoms in total. The van der Waals surface area contributed by atoms with Gasteiger partial charge in [0.2, 0.25) is 5.91 Å². The minimum absolute atomic E-state index is 0.115. The number of carbonyl (C=O) groups excluding carboxylic acids is 2. The number of nitrogens with zero attached hydrogens (tertiary/aromatic N) is 2. The van der Waals surface area contributed by atoms with E-state index in [1.165, 1.54) is 17.7 Å². The van der Waals surface area contributed by atoms with E-state index in [0.29, 0.717) is 45.1 Å². The molecule has 1 aliphatic carbocycles. The highest BCUT2D eigenvalue weighted by molar-refractivity contribution is 6.74. The molecule has 0 aliphatic heterocycles. The quantitative estimate of drug-likeness (QED) is 0.164. The summed E-state index contributed by atoms with van der Waals surface area (Å²) >= 11 is 6.27. The maximum Gasteiger partial charge on any atom is 0.338 e. The number of aromatic nitrogens is 1. The highest BCUT2D eigenvalue weighted by atomic mass is 35.5. The molecule has 1 unspecified atom stereocenters. The average molecular weight is 720 g/mol. The minimum Gasteiger partial charge on any atom is -0.495 e. The van der Waals surface area contributed by atoms with Crippen LogP contribution in [0.25, 0.3) is 11.1 Å². The van der Waals surface area contributed by atoms with Crippen LogP contribution in [0.1, 0.15) is 95.6 Å². The number of hydrogen-bond donors (Lipinski definition) is 1. The second-order valence-corrected chi connectivity index (χ2v) is 20.8. The molecule has 1 heterocycles. The van der Waals surface area contributed by atoms with E-state index < -0.39 is 31.5 Å². The summed E-state index contributed by atoms with van der Waals surface area (Å²) in [5.41, 5.74) is 0.999. The van der Waals surface area contributed by atoms with E-state index in [2.05, 4.69) is 45.3 Å². The van der Waals surface area contributed by atoms with Gasteiger partial charge in [0, 0.05) is 34.0 Å². The second-order valence-electron chi connectivity index (χ2n) is 15.6. The Balaban J connectivity index is 1.64. The monoisotopic (exact) mass is 719 g/mol. The number of nitrogens with one attached hydrogen (secondary N) is 1. The number of esters is 1. The number of anilines is 1. The van der Waals surface area contributed by atoms with Crippen LogP contribution in [0.5, 0.6) is 5.75 Å². The molecule has 0 radical (unpaired) electrons. The number of rotatable bonds is 10. The van der Waals surface area contributed by atoms with Gasteiger partial charge in [-0.1, -0.05) is 32.4 Å². The van der Waals surface area contributed by atoms with Crippen molar-refractivity contribution >= 4 is 37.5 Å². The van der Waals surface area contributed by atoms with Gasteiger partial charge in [-0.15, -0.1) is 0 Å². The van der Waals surface area contributed by atoms with Gasteiger partial charge in [0.15, 0.2) is 8.32 Å². The van der Waals surface area contributed by atoms with Gasteiger partial charge < -0.3 is 19.2 Å². The summed E-state index contributed by atoms with van der Waals surface area (Å²) in [6.45, 7) is 16.7. The Morgan fingerprint density at radius 2 is 1.64 bits per heavy atom. The summed E-state index contributed by atoms with van der Waals surface area (Å²) in [6, 6.07) is 14.0. The standard InChI is InChI=1S/C39H50ClN3O6Si/c1-38(2,3)48-37(46)26-13-16-29(17-14-26)42-36(45)33(20-25-10-18-30(19-11-25)49-50(8,9)39(4,5)6)43-24-34(47-7)32(22-35(43)44)31-21-28(40)15-12-27(31)23-41/h12-17,21-22,24-25,30,33H,10-11,18-20H2,1-9H3,(H,42,45). The lowest BCUT2D eigenvalue weighted by Gasteiger charge is -2.41. The van der Waals surface area contributed by atoms with Gasteiger partial charge in [-0.3, -0.25) is 14.2 Å². The number of methoxy groups -OCH3 is 1. The lowest BCUT2D eigenvalue weighted by Crippen LogP contribution is -2.44. The third-order valence-electron chi connectivity index (χ3n) is 9.70. The molecule has 50 heavy (non-hydrogen) atoms. The summed E-state index contributed by atoms with van der Waals surface area (Å²) in [5.74, 6) is -0.323. The van der Waals surface area contributed by atoms with Gasteiger partial charge in [0.05, 0.1) is 30.5 Å². The van der Waals surface area contributed by atoms with Crippen LogP contribution in [-0.4, -0.2) is 43.6 Å². The molecule has 0 bridgehead atoms. The van der Waals surface area contributed by atoms with Crippen LogP contribution in [0.4, 0.5) is 5.69 Å². The number of nitriles is 1. The average Bonchev–Trinajstić information content (AvgIpc) is 3.03. The Hall–Kier alpha value is -3.91. The van der Waals surface area contributed by atoms with Gasteiger partial charge >= 0.3 is 5.97 Å². The number of pyridine rings is 1. The maximum atomic E-state index is 14.1. The molecule has 4 rings (SSSR count). The molecular weight excluding hydrogens is 670 g/mol. The van der Waals surface area contributed by atoms with E-state index in [9.17, 15) is 19.6 Å². The van der Waals surface area contributed by atoms with Crippen LogP contribution in [0, 0.1) is 17.2 Å². The normalized spacial score (nSPS) is 17.4. The smallest absolute Gasteiger partial charge is 0.338 e. The molecule has 11 heteroatoms. The fourth-order valence-electron chi connectivity index (χ4n) is 5.98. The molecule has 0 spiro atoms. The van der Waals surface area contributed by atoms with Gasteiger partial charge in [-0.2, -0.15) is 5.26 Å². The van der Waals surface area contributed by atoms with E-state index in [4.69, 9.17) is 25.5 Å². The topological polar surface area (TPSA) is 120 Å². The van der Waals surface area contributed by atoms with Crippen LogP contribution in [0.15, 0.2) is 59.5 Å². The number of carbonyl (C=O) groups is 2. The zero-order chi connectivity index (χ0) is 37.0. The fourth-order valence-corrected chi connectivity index (χ4v) is 7.57. The molecule has 1 aromatic heterocycles. The first-order valence-electron chi connectivity index (χ1n) is 17.1. The zero-order valence-corrected chi connectivity index (χ0v) is 32.4. The molecule has 1 aliphatic rings. The predicted octanol–water partition coefficient (Wildman–Crippen LogP) is 9.15. The van der Waals surface area contributed by atoms with E-state index in [1.54, 1.807) is 69.4 Å². The van der Waals surface area contributed by atoms with E-state index >= 15 is 0 Å². The van der Waals surface area contributed by atoms with E-state index in [-0.39, 0.29) is 23.0 Å². The molecular formula is C39H50ClN3O6Si. The molecule has 1 saturated carbocycles. The van der Waals surface area contributed by atoms with Gasteiger partial charge in [0.25, 0.3) is 5.56 Å². The van der Waals surface area contributed by atoms with Gasteiger partial charge in [-0.05, 0) is 119 Å². The van der Waals surface area contributed by atoms with Gasteiger partial charge in [-0.25, -0.2) is 4.79 Å². The summed E-state index contributed by atoms with van der Waals surface area (Å²) < 4.78 is 19.3. The minimum atomic E-state index is -1.93. The maximum absolute atomic E-state index is 14.1. The van der Waals surface area contributed by atoms with Crippen molar-refractivity contribution in [2.24, 2.45) is 5.92 Å². The summed E-state index contributed by atoms with van der Waals surface area (Å²) in [4.78, 5) is 40.6. The molecule has 1 fully saturated rings. The molecule has 2 aromatic carbocycles. The highest BCUT2D eigenvalue weighted by Gasteiger charge is 2.40. The molecule has 1 N–H and O–H groups in total. The van der Waals surface area contributed by atoms with Crippen molar-refractivity contribution in [3.05, 3.63) is 81.2 Å². The first-order valence-corrected chi connectivity index (χ1v) is 20.4. The van der Waals surface area contributed by atoms with Crippen LogP contribution in [-0.2, 0) is 14.0 Å². The first-order chi connectivity index (χ1) is 23.3. The van der Waals surface area contributed by atoms with Crippen LogP contribution in [0.2, 0.25) is 23.2 Å². The number of benzene rings is 2. The molecule has 0 saturated heterocycles. The second kappa shape index (κ2) is 15.5. The SMILES string of the molecule is COc1cn(C(CC2CCC(O[Si](C)(C)C(C)(C)C)CC2)C(=O)Nc2ccc(C(=O)OC(C)(C)C)cc2)c(=O)cc1-c1cc(Cl)ccc1C#N. The van der Waals surface area contributed by atoms with Crippen molar-refractivity contribution in [3.8, 4) is 22.9 Å². The van der Waals surface area contributed by atoms with E-state index in [0.717, 1.165) is 25.7 Å². The Kier molecular flexibility index (Phi) is 12.1. The zero-order valence-electron chi connectivity index (χ0n) is 30.7. The van der Waals surface area contributed by atoms with Crippen molar-refractivity contribution < 1.29 is 23.5 Å². The number of hydrogen-bond acceptors (Lipinski definition) is 7. The van der Waals surface area contributed by atoms with Crippen LogP contribution in [0.3, 0.4) is 0 Å². The number of amides is 1. The summed E-state index contributed by atoms with van der Waals surface area (Å²) in [7, 11) is -0.445. The first kappa shape index (κ1) is 38.9. The van der Waals surface area contributed by atoms with Crippen molar-refractivity contribution in [3.63, 3.8) is 0 Å². The molecule has 268 valence electrons. The summed E-state index contributed by atoms with van der Waals surface area (Å²) in [5, 5.41) is 13.2. The van der Waals surface area contributed by atoms with Gasteiger partial charge in [0.1, 0.15) is 17.4 Å². The molecule has 3 aromatic rings. The number of ether oxygens (including phenoxy) is 2. The summed E-state index contributed by atoms with van der Waals surface area (Å²) in [6.07, 6.45) is 5.66. The third-order valence-corrected chi connectivity index (χ3v) is 14.5. The molecule has 1 amide bonds. The Morgan fingerprint density at radius 1 is 1.00 bits per heavy atom. The fraction of sp³-hybridized carbons (Fsp3) is 0.487. The van der Waals surface area contributed by atoms with Crippen molar-refractivity contribution in [1.29, 1.82) is 5.26 Å². The van der Waals surface area contributed by atoms with Crippen molar-refractivity contribution in [2.75, 3.05) is 12.4 Å². The lowest BCUT2D eigenvalue weighted by atomic mass is 9.83.